The van der Waals surface area contributed by atoms with Crippen LogP contribution >= 0.6 is 11.7 Å². The highest BCUT2D eigenvalue weighted by molar-refractivity contribution is 6.99. The first kappa shape index (κ1) is 10.9. The highest BCUT2D eigenvalue weighted by atomic mass is 32.1. The summed E-state index contributed by atoms with van der Waals surface area (Å²) in [5, 5.41) is 3.47. The van der Waals surface area contributed by atoms with Gasteiger partial charge >= 0.3 is 0 Å². The van der Waals surface area contributed by atoms with Crippen LogP contribution in [0.4, 0.5) is 0 Å². The summed E-state index contributed by atoms with van der Waals surface area (Å²) in [5.74, 6) is 1.03. The molecule has 0 unspecified atom stereocenters. The van der Waals surface area contributed by atoms with Gasteiger partial charge in [-0.1, -0.05) is 36.4 Å². The van der Waals surface area contributed by atoms with Gasteiger partial charge in [-0.25, -0.2) is 0 Å². The lowest BCUT2D eigenvalue weighted by molar-refractivity contribution is 0.620. The van der Waals surface area contributed by atoms with Crippen molar-refractivity contribution in [1.82, 2.24) is 14.1 Å². The van der Waals surface area contributed by atoms with Crippen molar-refractivity contribution in [1.29, 1.82) is 0 Å². The van der Waals surface area contributed by atoms with Gasteiger partial charge in [0.05, 0.1) is 17.8 Å². The van der Waals surface area contributed by atoms with Gasteiger partial charge in [0.15, 0.2) is 0 Å². The van der Waals surface area contributed by atoms with Crippen molar-refractivity contribution in [2.45, 2.75) is 18.5 Å². The fourth-order valence-corrected chi connectivity index (χ4v) is 3.12. The van der Waals surface area contributed by atoms with E-state index in [-0.39, 0.29) is 12.1 Å². The minimum Gasteiger partial charge on any atom is -0.365 e. The predicted octanol–water partition coefficient (Wildman–Crippen LogP) is 2.22. The topological polar surface area (TPSA) is 50.2 Å². The number of rotatable bonds is 2. The van der Waals surface area contributed by atoms with Crippen LogP contribution in [0.25, 0.3) is 6.08 Å². The first-order chi connectivity index (χ1) is 9.40. The molecule has 4 rings (SSSR count). The molecule has 1 aliphatic carbocycles. The molecular weight excluding hydrogens is 256 g/mol. The maximum atomic E-state index is 4.78. The van der Waals surface area contributed by atoms with E-state index >= 15 is 0 Å². The van der Waals surface area contributed by atoms with Gasteiger partial charge in [-0.05, 0) is 11.6 Å². The van der Waals surface area contributed by atoms with Crippen LogP contribution < -0.4 is 5.32 Å². The van der Waals surface area contributed by atoms with Gasteiger partial charge < -0.3 is 5.32 Å². The van der Waals surface area contributed by atoms with Gasteiger partial charge in [0, 0.05) is 6.42 Å². The normalized spacial score (nSPS) is 23.5. The summed E-state index contributed by atoms with van der Waals surface area (Å²) in [6.45, 7) is 0. The minimum atomic E-state index is 0.0949. The van der Waals surface area contributed by atoms with E-state index in [1.54, 1.807) is 0 Å². The van der Waals surface area contributed by atoms with Crippen LogP contribution in [0.1, 0.15) is 23.0 Å². The average Bonchev–Trinajstić information content (AvgIpc) is 3.04. The number of nitrogens with one attached hydrogen (secondary N) is 1. The van der Waals surface area contributed by atoms with Crippen LogP contribution in [0.5, 0.6) is 0 Å². The Morgan fingerprint density at radius 1 is 1.16 bits per heavy atom. The highest BCUT2D eigenvalue weighted by Gasteiger charge is 2.34. The maximum Gasteiger partial charge on any atom is 0.121 e. The predicted molar refractivity (Wildman–Crippen MR) is 76.2 cm³/mol. The van der Waals surface area contributed by atoms with E-state index in [9.17, 15) is 0 Å². The fraction of sp³-hybridized carbons (Fsp3) is 0.214. The number of hydrogen-bond acceptors (Lipinski definition) is 5. The summed E-state index contributed by atoms with van der Waals surface area (Å²) in [7, 11) is 0. The molecule has 19 heavy (non-hydrogen) atoms. The first-order valence-electron chi connectivity index (χ1n) is 6.28. The number of benzene rings is 1. The van der Waals surface area contributed by atoms with Crippen LogP contribution in [-0.2, 0) is 6.42 Å². The molecule has 1 N–H and O–H groups in total. The Morgan fingerprint density at radius 3 is 2.95 bits per heavy atom. The standard InChI is InChI=1S/C14H12N4S/c1-2-4-9(5-3-1)8-12-15-10-6-7-11-14(13(10)16-12)18-19-17-11/h1-7,10,13H,8H2,(H,15,16)/t10-,13-/m0/s1. The maximum absolute atomic E-state index is 4.78. The minimum absolute atomic E-state index is 0.0949. The molecule has 0 saturated heterocycles. The number of amidine groups is 1. The van der Waals surface area contributed by atoms with Crippen LogP contribution in [0, 0.1) is 0 Å². The Kier molecular flexibility index (Phi) is 2.45. The van der Waals surface area contributed by atoms with Crippen molar-refractivity contribution in [3.05, 3.63) is 53.4 Å². The van der Waals surface area contributed by atoms with E-state index in [0.29, 0.717) is 0 Å². The third kappa shape index (κ3) is 1.86. The molecule has 0 fully saturated rings. The molecule has 4 nitrogen and oxygen atoms in total. The van der Waals surface area contributed by atoms with Crippen molar-refractivity contribution in [3.63, 3.8) is 0 Å². The molecule has 94 valence electrons. The lowest BCUT2D eigenvalue weighted by Gasteiger charge is -2.16. The Labute approximate surface area is 115 Å². The molecule has 1 aromatic carbocycles. The molecule has 0 spiro atoms. The van der Waals surface area contributed by atoms with E-state index in [1.165, 1.54) is 17.3 Å². The van der Waals surface area contributed by atoms with Crippen molar-refractivity contribution < 1.29 is 0 Å². The molecule has 0 bridgehead atoms. The Bertz CT molecular complexity index is 659. The van der Waals surface area contributed by atoms with E-state index in [2.05, 4.69) is 44.4 Å². The molecule has 1 aromatic heterocycles. The SMILES string of the molecule is C1=C[C@@H]2NC(Cc3ccccc3)=N[C@@H]2c2nsnc21. The Morgan fingerprint density at radius 2 is 2.05 bits per heavy atom. The fourth-order valence-electron chi connectivity index (χ4n) is 2.55. The third-order valence-corrected chi connectivity index (χ3v) is 4.02. The summed E-state index contributed by atoms with van der Waals surface area (Å²) < 4.78 is 8.65. The van der Waals surface area contributed by atoms with Gasteiger partial charge in [0.2, 0.25) is 0 Å². The van der Waals surface area contributed by atoms with Crippen LogP contribution in [0.2, 0.25) is 0 Å². The second-order valence-electron chi connectivity index (χ2n) is 4.75. The molecule has 0 saturated carbocycles. The second-order valence-corrected chi connectivity index (χ2v) is 5.28. The molecular formula is C14H12N4S. The zero-order valence-electron chi connectivity index (χ0n) is 10.2. The van der Waals surface area contributed by atoms with E-state index in [0.717, 1.165) is 23.6 Å². The van der Waals surface area contributed by atoms with E-state index in [1.807, 2.05) is 12.1 Å². The Balaban J connectivity index is 1.62. The zero-order chi connectivity index (χ0) is 12.7. The summed E-state index contributed by atoms with van der Waals surface area (Å²) >= 11 is 1.26. The van der Waals surface area contributed by atoms with Crippen LogP contribution in [0.15, 0.2) is 41.4 Å². The Hall–Kier alpha value is -2.01. The lowest BCUT2D eigenvalue weighted by atomic mass is 9.99. The van der Waals surface area contributed by atoms with Crippen molar-refractivity contribution >= 4 is 23.6 Å². The highest BCUT2D eigenvalue weighted by Crippen LogP contribution is 2.32. The molecule has 2 aliphatic rings. The van der Waals surface area contributed by atoms with Crippen LogP contribution in [0.3, 0.4) is 0 Å². The summed E-state index contributed by atoms with van der Waals surface area (Å²) in [6.07, 6.45) is 5.01. The average molecular weight is 268 g/mol. The van der Waals surface area contributed by atoms with Gasteiger partial charge in [-0.2, -0.15) is 8.75 Å². The molecule has 5 heteroatoms. The van der Waals surface area contributed by atoms with Crippen molar-refractivity contribution in [3.8, 4) is 0 Å². The monoisotopic (exact) mass is 268 g/mol. The van der Waals surface area contributed by atoms with E-state index in [4.69, 9.17) is 4.99 Å². The number of nitrogens with zero attached hydrogens (tertiary/aromatic N) is 3. The van der Waals surface area contributed by atoms with Crippen LogP contribution in [-0.4, -0.2) is 20.6 Å². The van der Waals surface area contributed by atoms with Crippen molar-refractivity contribution in [2.75, 3.05) is 0 Å². The molecule has 1 aliphatic heterocycles. The number of aliphatic imine (C=N–C) groups is 1. The summed E-state index contributed by atoms with van der Waals surface area (Å²) in [4.78, 5) is 4.78. The van der Waals surface area contributed by atoms with Gasteiger partial charge in [-0.15, -0.1) is 0 Å². The molecule has 2 atom stereocenters. The van der Waals surface area contributed by atoms with Gasteiger partial charge in [0.25, 0.3) is 0 Å². The largest absolute Gasteiger partial charge is 0.365 e. The first-order valence-corrected chi connectivity index (χ1v) is 7.01. The lowest BCUT2D eigenvalue weighted by Crippen LogP contribution is -2.32. The molecule has 2 heterocycles. The van der Waals surface area contributed by atoms with Gasteiger partial charge in [-0.3, -0.25) is 4.99 Å². The smallest absolute Gasteiger partial charge is 0.121 e. The van der Waals surface area contributed by atoms with Crippen molar-refractivity contribution in [2.24, 2.45) is 4.99 Å². The number of fused-ring (bicyclic) bond motifs is 3. The molecule has 2 aromatic rings. The third-order valence-electron chi connectivity index (χ3n) is 3.47. The zero-order valence-corrected chi connectivity index (χ0v) is 11.0. The van der Waals surface area contributed by atoms with E-state index < -0.39 is 0 Å². The second kappa shape index (κ2) is 4.28. The summed E-state index contributed by atoms with van der Waals surface area (Å²) in [6, 6.07) is 10.7. The number of hydrogen-bond donors (Lipinski definition) is 1. The quantitative estimate of drug-likeness (QED) is 0.908. The summed E-state index contributed by atoms with van der Waals surface area (Å²) in [5.41, 5.74) is 3.25. The van der Waals surface area contributed by atoms with Gasteiger partial charge in [0.1, 0.15) is 23.3 Å². The molecule has 0 radical (unpaired) electrons. The number of aromatic nitrogens is 2. The molecule has 0 amide bonds.